The summed E-state index contributed by atoms with van der Waals surface area (Å²) in [4.78, 5) is 0. The molecular weight excluding hydrogens is 361 g/mol. The zero-order valence-electron chi connectivity index (χ0n) is 14.2. The molecule has 0 bridgehead atoms. The minimum atomic E-state index is -0.278. The quantitative estimate of drug-likeness (QED) is 0.792. The van der Waals surface area contributed by atoms with E-state index in [-0.39, 0.29) is 35.3 Å². The fraction of sp³-hybridized carbons (Fsp3) is 0.529. The molecule has 1 aliphatic heterocycles. The van der Waals surface area contributed by atoms with Gasteiger partial charge in [-0.25, -0.2) is 9.07 Å². The number of nitrogens with zero attached hydrogens (tertiary/aromatic N) is 3. The molecule has 1 aromatic heterocycles. The van der Waals surface area contributed by atoms with Crippen LogP contribution in [0.3, 0.4) is 0 Å². The summed E-state index contributed by atoms with van der Waals surface area (Å²) in [6, 6.07) is 6.19. The third-order valence-electron chi connectivity index (χ3n) is 4.09. The number of hydrogen-bond acceptors (Lipinski definition) is 6. The Hall–Kier alpha value is -1.09. The van der Waals surface area contributed by atoms with E-state index >= 15 is 0 Å². The molecule has 0 unspecified atom stereocenters. The molecule has 0 spiro atoms. The minimum absolute atomic E-state index is 0.00550. The molecule has 136 valence electrons. The lowest BCUT2D eigenvalue weighted by Gasteiger charge is -2.21. The number of aliphatic hydroxyl groups excluding tert-OH is 1. The molecule has 0 radical (unpaired) electrons. The molecular formula is C17H22FN3O2S2. The molecule has 1 fully saturated rings. The van der Waals surface area contributed by atoms with Crippen LogP contribution in [0.1, 0.15) is 20.1 Å². The Kier molecular flexibility index (Phi) is 6.38. The molecule has 0 aliphatic carbocycles. The molecule has 0 saturated carbocycles. The molecule has 2 heterocycles. The zero-order chi connectivity index (χ0) is 17.8. The van der Waals surface area contributed by atoms with E-state index in [2.05, 4.69) is 24.2 Å². The van der Waals surface area contributed by atoms with Gasteiger partial charge in [0.25, 0.3) is 0 Å². The van der Waals surface area contributed by atoms with E-state index in [9.17, 15) is 9.50 Å². The first-order valence-corrected chi connectivity index (χ1v) is 10.4. The number of aliphatic hydroxyl groups is 1. The normalized spacial score (nSPS) is 26.2. The monoisotopic (exact) mass is 383 g/mol. The van der Waals surface area contributed by atoms with Crippen LogP contribution >= 0.6 is 23.5 Å². The first kappa shape index (κ1) is 18.7. The lowest BCUT2D eigenvalue weighted by molar-refractivity contribution is -0.0268. The van der Waals surface area contributed by atoms with Crippen LogP contribution in [0, 0.1) is 5.82 Å². The maximum Gasteiger partial charge on any atom is 0.165 e. The second kappa shape index (κ2) is 8.53. The van der Waals surface area contributed by atoms with Gasteiger partial charge in [-0.2, -0.15) is 23.5 Å². The summed E-state index contributed by atoms with van der Waals surface area (Å²) >= 11 is 3.63. The number of hydrogen-bond donors (Lipinski definition) is 1. The lowest BCUT2D eigenvalue weighted by atomic mass is 10.2. The average Bonchev–Trinajstić information content (AvgIpc) is 3.22. The third-order valence-corrected chi connectivity index (χ3v) is 6.83. The Morgan fingerprint density at radius 1 is 1.16 bits per heavy atom. The first-order chi connectivity index (χ1) is 12.2. The summed E-state index contributed by atoms with van der Waals surface area (Å²) in [7, 11) is 0. The van der Waals surface area contributed by atoms with Gasteiger partial charge < -0.3 is 9.84 Å². The number of benzene rings is 1. The summed E-state index contributed by atoms with van der Waals surface area (Å²) in [6.07, 6.45) is 1.35. The van der Waals surface area contributed by atoms with Gasteiger partial charge in [0.2, 0.25) is 0 Å². The van der Waals surface area contributed by atoms with E-state index in [0.717, 1.165) is 17.1 Å². The van der Waals surface area contributed by atoms with Crippen molar-refractivity contribution >= 4 is 23.5 Å². The number of aromatic nitrogens is 3. The molecule has 5 nitrogen and oxygen atoms in total. The van der Waals surface area contributed by atoms with Gasteiger partial charge in [0, 0.05) is 10.8 Å². The van der Waals surface area contributed by atoms with Gasteiger partial charge in [-0.1, -0.05) is 19.1 Å². The van der Waals surface area contributed by atoms with E-state index < -0.39 is 0 Å². The van der Waals surface area contributed by atoms with E-state index in [4.69, 9.17) is 4.74 Å². The van der Waals surface area contributed by atoms with Crippen LogP contribution in [-0.2, 0) is 4.74 Å². The van der Waals surface area contributed by atoms with Crippen molar-refractivity contribution in [2.24, 2.45) is 0 Å². The Morgan fingerprint density at radius 3 is 2.48 bits per heavy atom. The van der Waals surface area contributed by atoms with Crippen molar-refractivity contribution in [2.75, 3.05) is 18.1 Å². The Bertz CT molecular complexity index is 683. The van der Waals surface area contributed by atoms with Crippen LogP contribution in [0.4, 0.5) is 4.39 Å². The van der Waals surface area contributed by atoms with Crippen LogP contribution < -0.4 is 0 Å². The standard InChI is InChI=1S/C17H22FN3O2S2/c1-3-24-15-14(10-22)23-17(16(15)25-4-2)21-9-13(19-20-21)11-5-7-12(18)8-6-11/h5-9,14-17,22H,3-4,10H2,1-2H3/t14-,15-,16-,17-/m1/s1. The van der Waals surface area contributed by atoms with Crippen molar-refractivity contribution in [3.05, 3.63) is 36.3 Å². The Labute approximate surface area is 155 Å². The second-order valence-electron chi connectivity index (χ2n) is 5.68. The highest BCUT2D eigenvalue weighted by Crippen LogP contribution is 2.43. The molecule has 1 aliphatic rings. The van der Waals surface area contributed by atoms with Crippen molar-refractivity contribution in [3.63, 3.8) is 0 Å². The molecule has 25 heavy (non-hydrogen) atoms. The van der Waals surface area contributed by atoms with Crippen LogP contribution in [0.5, 0.6) is 0 Å². The van der Waals surface area contributed by atoms with Gasteiger partial charge >= 0.3 is 0 Å². The lowest BCUT2D eigenvalue weighted by Crippen LogP contribution is -2.29. The molecule has 0 amide bonds. The number of rotatable bonds is 7. The minimum Gasteiger partial charge on any atom is -0.394 e. The van der Waals surface area contributed by atoms with Gasteiger partial charge in [-0.3, -0.25) is 0 Å². The van der Waals surface area contributed by atoms with Crippen LogP contribution in [0.2, 0.25) is 0 Å². The van der Waals surface area contributed by atoms with Crippen LogP contribution in [0.25, 0.3) is 11.3 Å². The summed E-state index contributed by atoms with van der Waals surface area (Å²) < 4.78 is 20.9. The second-order valence-corrected chi connectivity index (χ2v) is 8.59. The highest BCUT2D eigenvalue weighted by atomic mass is 32.2. The molecule has 4 atom stereocenters. The SMILES string of the molecule is CCS[C@@H]1[C@H](SCC)[C@@H](CO)O[C@H]1n1cc(-c2ccc(F)cc2)nn1. The predicted octanol–water partition coefficient (Wildman–Crippen LogP) is 3.22. The average molecular weight is 384 g/mol. The maximum absolute atomic E-state index is 13.1. The molecule has 1 aromatic carbocycles. The van der Waals surface area contributed by atoms with Crippen molar-refractivity contribution in [1.82, 2.24) is 15.0 Å². The summed E-state index contributed by atoms with van der Waals surface area (Å²) in [6.45, 7) is 4.23. The maximum atomic E-state index is 13.1. The van der Waals surface area contributed by atoms with Crippen molar-refractivity contribution in [3.8, 4) is 11.3 Å². The molecule has 1 saturated heterocycles. The highest BCUT2D eigenvalue weighted by molar-refractivity contribution is 8.03. The highest BCUT2D eigenvalue weighted by Gasteiger charge is 2.45. The summed E-state index contributed by atoms with van der Waals surface area (Å²) in [5.41, 5.74) is 1.49. The fourth-order valence-corrected chi connectivity index (χ4v) is 5.63. The van der Waals surface area contributed by atoms with E-state index in [1.54, 1.807) is 16.8 Å². The van der Waals surface area contributed by atoms with Crippen molar-refractivity contribution in [2.45, 2.75) is 36.7 Å². The van der Waals surface area contributed by atoms with E-state index in [1.165, 1.54) is 12.1 Å². The Morgan fingerprint density at radius 2 is 1.84 bits per heavy atom. The number of ether oxygens (including phenoxy) is 1. The zero-order valence-corrected chi connectivity index (χ0v) is 15.8. The van der Waals surface area contributed by atoms with E-state index in [1.807, 2.05) is 29.7 Å². The molecule has 2 aromatic rings. The summed E-state index contributed by atoms with van der Waals surface area (Å²) in [5.74, 6) is 1.65. The fourth-order valence-electron chi connectivity index (χ4n) is 2.99. The van der Waals surface area contributed by atoms with Gasteiger partial charge in [0.05, 0.1) is 24.2 Å². The Balaban J connectivity index is 1.85. The largest absolute Gasteiger partial charge is 0.394 e. The van der Waals surface area contributed by atoms with Gasteiger partial charge in [0.1, 0.15) is 11.5 Å². The summed E-state index contributed by atoms with van der Waals surface area (Å²) in [5, 5.41) is 18.5. The van der Waals surface area contributed by atoms with Gasteiger partial charge in [-0.05, 0) is 35.8 Å². The predicted molar refractivity (Wildman–Crippen MR) is 100 cm³/mol. The number of halogens is 1. The van der Waals surface area contributed by atoms with Crippen molar-refractivity contribution in [1.29, 1.82) is 0 Å². The molecule has 3 rings (SSSR count). The topological polar surface area (TPSA) is 60.2 Å². The molecule has 8 heteroatoms. The first-order valence-electron chi connectivity index (χ1n) is 8.35. The van der Waals surface area contributed by atoms with Crippen LogP contribution in [0.15, 0.2) is 30.5 Å². The van der Waals surface area contributed by atoms with Crippen molar-refractivity contribution < 1.29 is 14.2 Å². The van der Waals surface area contributed by atoms with E-state index in [0.29, 0.717) is 5.69 Å². The van der Waals surface area contributed by atoms with Crippen LogP contribution in [-0.4, -0.2) is 54.8 Å². The number of thioether (sulfide) groups is 2. The van der Waals surface area contributed by atoms with Gasteiger partial charge in [-0.15, -0.1) is 5.10 Å². The smallest absolute Gasteiger partial charge is 0.165 e. The third kappa shape index (κ3) is 4.02. The van der Waals surface area contributed by atoms with Gasteiger partial charge in [0.15, 0.2) is 6.23 Å². The molecule has 1 N–H and O–H groups in total.